The van der Waals surface area contributed by atoms with Gasteiger partial charge in [0.25, 0.3) is 0 Å². The van der Waals surface area contributed by atoms with Crippen LogP contribution in [-0.2, 0) is 9.73 Å². The van der Waals surface area contributed by atoms with Crippen molar-refractivity contribution in [3.05, 3.63) is 11.6 Å². The first kappa shape index (κ1) is 10.8. The van der Waals surface area contributed by atoms with E-state index in [-0.39, 0.29) is 5.41 Å². The van der Waals surface area contributed by atoms with Gasteiger partial charge in [-0.25, -0.2) is 4.21 Å². The minimum Gasteiger partial charge on any atom is -0.253 e. The molecule has 0 aromatic heterocycles. The largest absolute Gasteiger partial charge is 0.253 e. The van der Waals surface area contributed by atoms with Gasteiger partial charge in [-0.1, -0.05) is 25.5 Å². The van der Waals surface area contributed by atoms with Crippen molar-refractivity contribution >= 4 is 9.73 Å². The van der Waals surface area contributed by atoms with E-state index in [9.17, 15) is 4.21 Å². The van der Waals surface area contributed by atoms with E-state index in [1.165, 1.54) is 5.57 Å². The molecule has 0 saturated carbocycles. The van der Waals surface area contributed by atoms with Gasteiger partial charge in [0.15, 0.2) is 0 Å². The van der Waals surface area contributed by atoms with Crippen molar-refractivity contribution in [1.29, 1.82) is 4.78 Å². The van der Waals surface area contributed by atoms with Crippen LogP contribution in [0.5, 0.6) is 0 Å². The van der Waals surface area contributed by atoms with Gasteiger partial charge in [0.2, 0.25) is 0 Å². The molecule has 0 amide bonds. The van der Waals surface area contributed by atoms with Gasteiger partial charge in [-0.3, -0.25) is 4.78 Å². The number of allylic oxidation sites excluding steroid dienone is 2. The molecule has 76 valence electrons. The molecule has 0 spiro atoms. The maximum atomic E-state index is 11.7. The Bertz CT molecular complexity index is 312. The molecule has 1 atom stereocenters. The lowest BCUT2D eigenvalue weighted by atomic mass is 9.87. The maximum Gasteiger partial charge on any atom is 0.0444 e. The Morgan fingerprint density at radius 1 is 1.46 bits per heavy atom. The summed E-state index contributed by atoms with van der Waals surface area (Å²) in [6, 6.07) is 0. The third-order valence-electron chi connectivity index (χ3n) is 2.54. The number of hydrogen-bond donors (Lipinski definition) is 1. The average molecular weight is 201 g/mol. The van der Waals surface area contributed by atoms with E-state index in [0.717, 1.165) is 12.8 Å². The predicted molar refractivity (Wildman–Crippen MR) is 57.4 cm³/mol. The number of hydrogen-bond acceptors (Lipinski definition) is 2. The van der Waals surface area contributed by atoms with Crippen molar-refractivity contribution in [1.82, 2.24) is 0 Å². The summed E-state index contributed by atoms with van der Waals surface area (Å²) in [5, 5.41) is 0. The summed E-state index contributed by atoms with van der Waals surface area (Å²) in [7, 11) is -2.29. The van der Waals surface area contributed by atoms with Crippen LogP contribution < -0.4 is 0 Å². The zero-order valence-corrected chi connectivity index (χ0v) is 9.54. The monoisotopic (exact) mass is 201 g/mol. The standard InChI is InChI=1S/C10H19NOS/c1-9-4-6-13(11,12)7-5-10(2,3)8-9/h8,11H,4-7H2,1-3H3/b9-8+. The van der Waals surface area contributed by atoms with Crippen molar-refractivity contribution in [2.75, 3.05) is 11.5 Å². The van der Waals surface area contributed by atoms with Gasteiger partial charge in [-0.2, -0.15) is 0 Å². The smallest absolute Gasteiger partial charge is 0.0444 e. The first-order chi connectivity index (χ1) is 5.81. The van der Waals surface area contributed by atoms with Crippen LogP contribution in [0.15, 0.2) is 11.6 Å². The highest BCUT2D eigenvalue weighted by molar-refractivity contribution is 7.92. The van der Waals surface area contributed by atoms with Crippen molar-refractivity contribution in [2.24, 2.45) is 5.41 Å². The van der Waals surface area contributed by atoms with Crippen molar-refractivity contribution in [3.8, 4) is 0 Å². The molecule has 1 N–H and O–H groups in total. The quantitative estimate of drug-likeness (QED) is 0.601. The second kappa shape index (κ2) is 3.45. The molecule has 13 heavy (non-hydrogen) atoms. The second-order valence-corrected chi connectivity index (χ2v) is 7.14. The first-order valence-electron chi connectivity index (χ1n) is 4.73. The SMILES string of the molecule is C/C1=C\C(C)(C)CCS(=N)(=O)CC1. The van der Waals surface area contributed by atoms with Gasteiger partial charge in [-0.15, -0.1) is 0 Å². The topological polar surface area (TPSA) is 40.9 Å². The first-order valence-corrected chi connectivity index (χ1v) is 6.63. The van der Waals surface area contributed by atoms with Gasteiger partial charge in [0, 0.05) is 21.2 Å². The third kappa shape index (κ3) is 3.51. The van der Waals surface area contributed by atoms with E-state index >= 15 is 0 Å². The highest BCUT2D eigenvalue weighted by atomic mass is 32.2. The second-order valence-electron chi connectivity index (χ2n) is 4.70. The molecule has 1 aliphatic rings. The fourth-order valence-electron chi connectivity index (χ4n) is 1.67. The molecular formula is C10H19NOS. The molecule has 0 aromatic rings. The van der Waals surface area contributed by atoms with Crippen LogP contribution in [0.25, 0.3) is 0 Å². The van der Waals surface area contributed by atoms with E-state index < -0.39 is 9.73 Å². The molecule has 0 radical (unpaired) electrons. The molecule has 0 aromatic carbocycles. The molecule has 0 bridgehead atoms. The molecule has 1 aliphatic heterocycles. The molecule has 3 heteroatoms. The van der Waals surface area contributed by atoms with Crippen molar-refractivity contribution in [2.45, 2.75) is 33.6 Å². The van der Waals surface area contributed by atoms with E-state index in [4.69, 9.17) is 4.78 Å². The summed E-state index contributed by atoms with van der Waals surface area (Å²) in [4.78, 5) is 0. The van der Waals surface area contributed by atoms with Crippen LogP contribution in [0.2, 0.25) is 0 Å². The normalized spacial score (nSPS) is 38.5. The van der Waals surface area contributed by atoms with Crippen LogP contribution in [-0.4, -0.2) is 15.7 Å². The molecule has 0 saturated heterocycles. The Morgan fingerprint density at radius 3 is 2.69 bits per heavy atom. The van der Waals surface area contributed by atoms with E-state index in [2.05, 4.69) is 26.8 Å². The fraction of sp³-hybridized carbons (Fsp3) is 0.800. The lowest BCUT2D eigenvalue weighted by Crippen LogP contribution is -2.20. The minimum atomic E-state index is -2.29. The van der Waals surface area contributed by atoms with Gasteiger partial charge in [0.05, 0.1) is 0 Å². The van der Waals surface area contributed by atoms with E-state index in [0.29, 0.717) is 11.5 Å². The molecule has 1 rings (SSSR count). The Balaban J connectivity index is 2.90. The fourth-order valence-corrected chi connectivity index (χ4v) is 3.38. The van der Waals surface area contributed by atoms with Crippen molar-refractivity contribution < 1.29 is 4.21 Å². The zero-order chi connectivity index (χ0) is 10.1. The lowest BCUT2D eigenvalue weighted by molar-refractivity contribution is 0.456. The van der Waals surface area contributed by atoms with Crippen LogP contribution in [0.1, 0.15) is 33.6 Å². The summed E-state index contributed by atoms with van der Waals surface area (Å²) < 4.78 is 19.3. The third-order valence-corrected chi connectivity index (χ3v) is 4.27. The Labute approximate surface area is 81.4 Å². The van der Waals surface area contributed by atoms with Gasteiger partial charge in [-0.05, 0) is 25.2 Å². The van der Waals surface area contributed by atoms with E-state index in [1.54, 1.807) is 0 Å². The van der Waals surface area contributed by atoms with Gasteiger partial charge >= 0.3 is 0 Å². The molecule has 2 nitrogen and oxygen atoms in total. The minimum absolute atomic E-state index is 0.119. The predicted octanol–water partition coefficient (Wildman–Crippen LogP) is 2.80. The summed E-state index contributed by atoms with van der Waals surface area (Å²) >= 11 is 0. The molecule has 1 unspecified atom stereocenters. The summed E-state index contributed by atoms with van der Waals surface area (Å²) in [6.45, 7) is 6.37. The van der Waals surface area contributed by atoms with E-state index in [1.807, 2.05) is 0 Å². The zero-order valence-electron chi connectivity index (χ0n) is 8.72. The molecular weight excluding hydrogens is 182 g/mol. The highest BCUT2D eigenvalue weighted by Crippen LogP contribution is 2.28. The summed E-state index contributed by atoms with van der Waals surface area (Å²) in [5.41, 5.74) is 1.40. The highest BCUT2D eigenvalue weighted by Gasteiger charge is 2.20. The van der Waals surface area contributed by atoms with Crippen molar-refractivity contribution in [3.63, 3.8) is 0 Å². The summed E-state index contributed by atoms with van der Waals surface area (Å²) in [5.74, 6) is 1.11. The van der Waals surface area contributed by atoms with Crippen LogP contribution in [0, 0.1) is 10.2 Å². The Kier molecular flexibility index (Phi) is 2.85. The molecule has 0 aliphatic carbocycles. The van der Waals surface area contributed by atoms with Gasteiger partial charge in [0.1, 0.15) is 0 Å². The lowest BCUT2D eigenvalue weighted by Gasteiger charge is -2.24. The summed E-state index contributed by atoms with van der Waals surface area (Å²) in [6.07, 6.45) is 3.96. The number of rotatable bonds is 0. The molecule has 0 fully saturated rings. The van der Waals surface area contributed by atoms with Gasteiger partial charge < -0.3 is 0 Å². The van der Waals surface area contributed by atoms with Crippen LogP contribution in [0.4, 0.5) is 0 Å². The Hall–Kier alpha value is -0.310. The van der Waals surface area contributed by atoms with Crippen LogP contribution >= 0.6 is 0 Å². The molecule has 1 heterocycles. The van der Waals surface area contributed by atoms with Crippen LogP contribution in [0.3, 0.4) is 0 Å². The Morgan fingerprint density at radius 2 is 2.08 bits per heavy atom. The maximum absolute atomic E-state index is 11.7. The number of nitrogens with one attached hydrogen (secondary N) is 1. The average Bonchev–Trinajstić information content (AvgIpc) is 1.96.